The van der Waals surface area contributed by atoms with Crippen molar-refractivity contribution in [2.24, 2.45) is 0 Å². The van der Waals surface area contributed by atoms with Gasteiger partial charge in [-0.2, -0.15) is 0 Å². The van der Waals surface area contributed by atoms with Gasteiger partial charge in [-0.3, -0.25) is 4.79 Å². The number of amides is 1. The summed E-state index contributed by atoms with van der Waals surface area (Å²) in [7, 11) is 0. The lowest BCUT2D eigenvalue weighted by atomic mass is 10.2. The predicted octanol–water partition coefficient (Wildman–Crippen LogP) is 4.03. The van der Waals surface area contributed by atoms with Crippen LogP contribution in [0.15, 0.2) is 54.6 Å². The molecule has 0 aliphatic rings. The number of aliphatic hydroxyl groups excluding tert-OH is 1. The topological polar surface area (TPSA) is 40.5 Å². The highest BCUT2D eigenvalue weighted by molar-refractivity contribution is 6.42. The number of halogens is 2. The van der Waals surface area contributed by atoms with Gasteiger partial charge in [0.15, 0.2) is 0 Å². The molecule has 2 aromatic rings. The zero-order valence-corrected chi connectivity index (χ0v) is 14.0. The molecule has 2 rings (SSSR count). The fraction of sp³-hybridized carbons (Fsp3) is 0.167. The van der Waals surface area contributed by atoms with Crippen molar-refractivity contribution in [2.75, 3.05) is 13.2 Å². The van der Waals surface area contributed by atoms with Gasteiger partial charge in [0.2, 0.25) is 5.91 Å². The molecular formula is C18H17Cl2NO2. The molecule has 0 aromatic heterocycles. The summed E-state index contributed by atoms with van der Waals surface area (Å²) in [6.45, 7) is 0.643. The molecule has 5 heteroatoms. The van der Waals surface area contributed by atoms with Gasteiger partial charge in [-0.05, 0) is 29.3 Å². The van der Waals surface area contributed by atoms with Crippen molar-refractivity contribution in [2.45, 2.75) is 6.54 Å². The highest BCUT2D eigenvalue weighted by atomic mass is 35.5. The molecule has 0 spiro atoms. The molecule has 0 saturated heterocycles. The van der Waals surface area contributed by atoms with Crippen molar-refractivity contribution < 1.29 is 9.90 Å². The minimum atomic E-state index is -0.172. The third-order valence-corrected chi connectivity index (χ3v) is 4.00. The summed E-state index contributed by atoms with van der Waals surface area (Å²) in [4.78, 5) is 13.9. The zero-order valence-electron chi connectivity index (χ0n) is 12.5. The van der Waals surface area contributed by atoms with Crippen LogP contribution in [0.5, 0.6) is 0 Å². The van der Waals surface area contributed by atoms with Crippen LogP contribution < -0.4 is 0 Å². The second kappa shape index (κ2) is 8.73. The van der Waals surface area contributed by atoms with Gasteiger partial charge in [0.25, 0.3) is 0 Å². The van der Waals surface area contributed by atoms with E-state index in [1.54, 1.807) is 29.2 Å². The number of nitrogens with zero attached hydrogens (tertiary/aromatic N) is 1. The zero-order chi connectivity index (χ0) is 16.7. The number of carbonyl (C=O) groups is 1. The van der Waals surface area contributed by atoms with Gasteiger partial charge in [-0.1, -0.05) is 59.6 Å². The molecule has 0 aliphatic heterocycles. The van der Waals surface area contributed by atoms with Crippen LogP contribution in [0.1, 0.15) is 11.1 Å². The van der Waals surface area contributed by atoms with Crippen molar-refractivity contribution in [3.05, 3.63) is 75.8 Å². The van der Waals surface area contributed by atoms with Crippen LogP contribution in [0.25, 0.3) is 6.08 Å². The SMILES string of the molecule is O=C(/C=C/c1ccc(Cl)c(Cl)c1)N(CCO)Cc1ccccc1. The molecule has 0 unspecified atom stereocenters. The normalized spacial score (nSPS) is 10.9. The smallest absolute Gasteiger partial charge is 0.246 e. The maximum absolute atomic E-state index is 12.3. The van der Waals surface area contributed by atoms with E-state index in [9.17, 15) is 4.79 Å². The van der Waals surface area contributed by atoms with Crippen LogP contribution in [-0.2, 0) is 11.3 Å². The standard InChI is InChI=1S/C18H17Cl2NO2/c19-16-8-6-14(12-17(16)20)7-9-18(23)21(10-11-22)13-15-4-2-1-3-5-15/h1-9,12,22H,10-11,13H2/b9-7+. The Morgan fingerprint density at radius 3 is 2.48 bits per heavy atom. The lowest BCUT2D eigenvalue weighted by molar-refractivity contribution is -0.127. The molecule has 0 fully saturated rings. The Kier molecular flexibility index (Phi) is 6.66. The number of rotatable bonds is 6. The van der Waals surface area contributed by atoms with Crippen LogP contribution in [0.4, 0.5) is 0 Å². The lowest BCUT2D eigenvalue weighted by Gasteiger charge is -2.20. The number of benzene rings is 2. The van der Waals surface area contributed by atoms with Gasteiger partial charge in [-0.25, -0.2) is 0 Å². The average molecular weight is 350 g/mol. The first-order chi connectivity index (χ1) is 11.1. The summed E-state index contributed by atoms with van der Waals surface area (Å²) in [5.74, 6) is -0.172. The average Bonchev–Trinajstić information content (AvgIpc) is 2.56. The maximum Gasteiger partial charge on any atom is 0.246 e. The highest BCUT2D eigenvalue weighted by Crippen LogP contribution is 2.23. The number of hydrogen-bond donors (Lipinski definition) is 1. The largest absolute Gasteiger partial charge is 0.395 e. The van der Waals surface area contributed by atoms with E-state index < -0.39 is 0 Å². The Balaban J connectivity index is 2.08. The number of carbonyl (C=O) groups excluding carboxylic acids is 1. The molecule has 0 aliphatic carbocycles. The van der Waals surface area contributed by atoms with Gasteiger partial charge < -0.3 is 10.0 Å². The van der Waals surface area contributed by atoms with E-state index in [0.717, 1.165) is 11.1 Å². The Morgan fingerprint density at radius 1 is 1.09 bits per heavy atom. The fourth-order valence-corrected chi connectivity index (χ4v) is 2.39. The second-order valence-corrected chi connectivity index (χ2v) is 5.79. The molecule has 0 atom stereocenters. The van der Waals surface area contributed by atoms with Gasteiger partial charge in [0.1, 0.15) is 0 Å². The summed E-state index contributed by atoms with van der Waals surface area (Å²) < 4.78 is 0. The van der Waals surface area contributed by atoms with E-state index >= 15 is 0 Å². The van der Waals surface area contributed by atoms with Gasteiger partial charge in [0.05, 0.1) is 16.7 Å². The third-order valence-electron chi connectivity index (χ3n) is 3.26. The van der Waals surface area contributed by atoms with Crippen molar-refractivity contribution in [1.29, 1.82) is 0 Å². The van der Waals surface area contributed by atoms with Crippen molar-refractivity contribution in [1.82, 2.24) is 4.90 Å². The van der Waals surface area contributed by atoms with Crippen molar-refractivity contribution >= 4 is 35.2 Å². The van der Waals surface area contributed by atoms with E-state index in [-0.39, 0.29) is 19.1 Å². The van der Waals surface area contributed by atoms with Crippen LogP contribution in [0, 0.1) is 0 Å². The first-order valence-corrected chi connectivity index (χ1v) is 7.92. The summed E-state index contributed by atoms with van der Waals surface area (Å²) in [6, 6.07) is 14.8. The summed E-state index contributed by atoms with van der Waals surface area (Å²) in [6.07, 6.45) is 3.15. The van der Waals surface area contributed by atoms with Crippen molar-refractivity contribution in [3.63, 3.8) is 0 Å². The second-order valence-electron chi connectivity index (χ2n) is 4.98. The maximum atomic E-state index is 12.3. The molecule has 0 heterocycles. The first kappa shape index (κ1) is 17.5. The number of aliphatic hydroxyl groups is 1. The summed E-state index contributed by atoms with van der Waals surface area (Å²) >= 11 is 11.8. The van der Waals surface area contributed by atoms with E-state index in [1.807, 2.05) is 30.3 Å². The lowest BCUT2D eigenvalue weighted by Crippen LogP contribution is -2.31. The van der Waals surface area contributed by atoms with Crippen LogP contribution in [-0.4, -0.2) is 29.1 Å². The van der Waals surface area contributed by atoms with Crippen molar-refractivity contribution in [3.8, 4) is 0 Å². The molecular weight excluding hydrogens is 333 g/mol. The van der Waals surface area contributed by atoms with Gasteiger partial charge >= 0.3 is 0 Å². The molecule has 0 saturated carbocycles. The summed E-state index contributed by atoms with van der Waals surface area (Å²) in [5.41, 5.74) is 1.80. The monoisotopic (exact) mass is 349 g/mol. The minimum Gasteiger partial charge on any atom is -0.395 e. The van der Waals surface area contributed by atoms with E-state index in [4.69, 9.17) is 28.3 Å². The minimum absolute atomic E-state index is 0.0841. The van der Waals surface area contributed by atoms with Crippen LogP contribution in [0.2, 0.25) is 10.0 Å². The molecule has 1 amide bonds. The van der Waals surface area contributed by atoms with E-state index in [0.29, 0.717) is 16.6 Å². The molecule has 0 bridgehead atoms. The number of hydrogen-bond acceptors (Lipinski definition) is 2. The van der Waals surface area contributed by atoms with Crippen LogP contribution >= 0.6 is 23.2 Å². The molecule has 0 radical (unpaired) electrons. The summed E-state index contributed by atoms with van der Waals surface area (Å²) in [5, 5.41) is 10.1. The Morgan fingerprint density at radius 2 is 1.83 bits per heavy atom. The molecule has 3 nitrogen and oxygen atoms in total. The first-order valence-electron chi connectivity index (χ1n) is 7.17. The van der Waals surface area contributed by atoms with E-state index in [2.05, 4.69) is 0 Å². The third kappa shape index (κ3) is 5.39. The van der Waals surface area contributed by atoms with E-state index in [1.165, 1.54) is 6.08 Å². The molecule has 2 aromatic carbocycles. The molecule has 120 valence electrons. The van der Waals surface area contributed by atoms with Gasteiger partial charge in [0, 0.05) is 19.2 Å². The molecule has 1 N–H and O–H groups in total. The molecule has 23 heavy (non-hydrogen) atoms. The Bertz CT molecular complexity index is 687. The Hall–Kier alpha value is -1.81. The predicted molar refractivity (Wildman–Crippen MR) is 94.4 cm³/mol. The fourth-order valence-electron chi connectivity index (χ4n) is 2.08. The van der Waals surface area contributed by atoms with Crippen LogP contribution in [0.3, 0.4) is 0 Å². The highest BCUT2D eigenvalue weighted by Gasteiger charge is 2.10. The quantitative estimate of drug-likeness (QED) is 0.799. The van der Waals surface area contributed by atoms with Gasteiger partial charge in [-0.15, -0.1) is 0 Å². The Labute approximate surface area is 145 Å².